The van der Waals surface area contributed by atoms with Gasteiger partial charge in [0.2, 0.25) is 0 Å². The standard InChI is InChI=1S/C15H15FN2O3S/c16-11-3-1-10(2-4-11)12-9-22-14(17-12)8-18-5-6-21-13(7-18)15(19)20/h1-4,9,13H,5-8H2,(H,19,20)/t13-/m1/s1. The predicted octanol–water partition coefficient (Wildman–Crippen LogP) is 2.23. The summed E-state index contributed by atoms with van der Waals surface area (Å²) in [5, 5.41) is 11.8. The second-order valence-corrected chi connectivity index (χ2v) is 6.01. The Morgan fingerprint density at radius 2 is 2.23 bits per heavy atom. The quantitative estimate of drug-likeness (QED) is 0.935. The van der Waals surface area contributed by atoms with E-state index in [0.717, 1.165) is 16.3 Å². The summed E-state index contributed by atoms with van der Waals surface area (Å²) >= 11 is 1.52. The van der Waals surface area contributed by atoms with Gasteiger partial charge in [0.15, 0.2) is 6.10 Å². The molecule has 0 spiro atoms. The number of thiazole rings is 1. The number of aliphatic carboxylic acids is 1. The van der Waals surface area contributed by atoms with Gasteiger partial charge in [-0.25, -0.2) is 14.2 Å². The number of hydrogen-bond donors (Lipinski definition) is 1. The van der Waals surface area contributed by atoms with Crippen molar-refractivity contribution in [3.63, 3.8) is 0 Å². The van der Waals surface area contributed by atoms with Crippen molar-refractivity contribution in [1.82, 2.24) is 9.88 Å². The molecular formula is C15H15FN2O3S. The predicted molar refractivity (Wildman–Crippen MR) is 80.2 cm³/mol. The van der Waals surface area contributed by atoms with Gasteiger partial charge < -0.3 is 9.84 Å². The van der Waals surface area contributed by atoms with Crippen molar-refractivity contribution in [2.45, 2.75) is 12.6 Å². The highest BCUT2D eigenvalue weighted by molar-refractivity contribution is 7.09. The van der Waals surface area contributed by atoms with Gasteiger partial charge in [0.25, 0.3) is 0 Å². The molecule has 1 aromatic heterocycles. The number of carboxylic acids is 1. The van der Waals surface area contributed by atoms with Gasteiger partial charge in [-0.15, -0.1) is 11.3 Å². The van der Waals surface area contributed by atoms with E-state index in [1.807, 2.05) is 10.3 Å². The molecular weight excluding hydrogens is 307 g/mol. The summed E-state index contributed by atoms with van der Waals surface area (Å²) in [7, 11) is 0. The van der Waals surface area contributed by atoms with E-state index in [1.165, 1.54) is 23.5 Å². The van der Waals surface area contributed by atoms with Gasteiger partial charge >= 0.3 is 5.97 Å². The van der Waals surface area contributed by atoms with Gasteiger partial charge in [-0.1, -0.05) is 0 Å². The summed E-state index contributed by atoms with van der Waals surface area (Å²) in [5.74, 6) is -1.21. The Morgan fingerprint density at radius 3 is 2.95 bits per heavy atom. The molecule has 22 heavy (non-hydrogen) atoms. The Balaban J connectivity index is 1.66. The van der Waals surface area contributed by atoms with Crippen LogP contribution < -0.4 is 0 Å². The maximum atomic E-state index is 12.9. The smallest absolute Gasteiger partial charge is 0.334 e. The third kappa shape index (κ3) is 3.49. The molecule has 2 aromatic rings. The topological polar surface area (TPSA) is 62.7 Å². The van der Waals surface area contributed by atoms with Crippen molar-refractivity contribution in [3.8, 4) is 11.3 Å². The molecule has 5 nitrogen and oxygen atoms in total. The van der Waals surface area contributed by atoms with E-state index in [-0.39, 0.29) is 5.82 Å². The number of ether oxygens (including phenoxy) is 1. The van der Waals surface area contributed by atoms with E-state index in [2.05, 4.69) is 4.98 Å². The first-order chi connectivity index (χ1) is 10.6. The lowest BCUT2D eigenvalue weighted by atomic mass is 10.2. The zero-order chi connectivity index (χ0) is 15.5. The molecule has 0 bridgehead atoms. The molecule has 0 amide bonds. The fourth-order valence-corrected chi connectivity index (χ4v) is 3.17. The van der Waals surface area contributed by atoms with E-state index in [9.17, 15) is 9.18 Å². The highest BCUT2D eigenvalue weighted by atomic mass is 32.1. The first kappa shape index (κ1) is 15.1. The van der Waals surface area contributed by atoms with Crippen molar-refractivity contribution in [1.29, 1.82) is 0 Å². The molecule has 0 unspecified atom stereocenters. The van der Waals surface area contributed by atoms with Crippen molar-refractivity contribution in [2.75, 3.05) is 19.7 Å². The number of benzene rings is 1. The minimum absolute atomic E-state index is 0.271. The summed E-state index contributed by atoms with van der Waals surface area (Å²) in [6.45, 7) is 2.06. The molecule has 0 radical (unpaired) electrons. The van der Waals surface area contributed by atoms with Gasteiger partial charge in [0.05, 0.1) is 18.8 Å². The molecule has 0 aliphatic carbocycles. The van der Waals surface area contributed by atoms with E-state index in [0.29, 0.717) is 26.2 Å². The highest BCUT2D eigenvalue weighted by Crippen LogP contribution is 2.23. The van der Waals surface area contributed by atoms with Crippen molar-refractivity contribution in [2.24, 2.45) is 0 Å². The zero-order valence-corrected chi connectivity index (χ0v) is 12.6. The summed E-state index contributed by atoms with van der Waals surface area (Å²) in [4.78, 5) is 17.5. The second-order valence-electron chi connectivity index (χ2n) is 5.07. The molecule has 3 rings (SSSR count). The number of halogens is 1. The Kier molecular flexibility index (Phi) is 4.47. The first-order valence-corrected chi connectivity index (χ1v) is 7.77. The lowest BCUT2D eigenvalue weighted by molar-refractivity contribution is -0.156. The van der Waals surface area contributed by atoms with Crippen LogP contribution in [0.25, 0.3) is 11.3 Å². The Hall–Kier alpha value is -1.83. The Bertz CT molecular complexity index is 659. The van der Waals surface area contributed by atoms with E-state index in [4.69, 9.17) is 9.84 Å². The molecule has 0 saturated carbocycles. The van der Waals surface area contributed by atoms with Gasteiger partial charge in [-0.3, -0.25) is 4.90 Å². The number of aromatic nitrogens is 1. The third-order valence-electron chi connectivity index (χ3n) is 3.48. The minimum Gasteiger partial charge on any atom is -0.479 e. The summed E-state index contributed by atoms with van der Waals surface area (Å²) in [6, 6.07) is 6.22. The van der Waals surface area contributed by atoms with Crippen LogP contribution in [0.2, 0.25) is 0 Å². The third-order valence-corrected chi connectivity index (χ3v) is 4.31. The van der Waals surface area contributed by atoms with Gasteiger partial charge in [0.1, 0.15) is 10.8 Å². The van der Waals surface area contributed by atoms with Crippen LogP contribution in [0.1, 0.15) is 5.01 Å². The van der Waals surface area contributed by atoms with E-state index < -0.39 is 12.1 Å². The number of rotatable bonds is 4. The molecule has 1 aliphatic rings. The average molecular weight is 322 g/mol. The molecule has 2 heterocycles. The van der Waals surface area contributed by atoms with Crippen LogP contribution in [0.4, 0.5) is 4.39 Å². The lowest BCUT2D eigenvalue weighted by Gasteiger charge is -2.29. The molecule has 116 valence electrons. The van der Waals surface area contributed by atoms with E-state index >= 15 is 0 Å². The second kappa shape index (κ2) is 6.51. The number of hydrogen-bond acceptors (Lipinski definition) is 5. The zero-order valence-electron chi connectivity index (χ0n) is 11.7. The molecule has 1 aromatic carbocycles. The molecule has 1 saturated heterocycles. The monoisotopic (exact) mass is 322 g/mol. The van der Waals surface area contributed by atoms with Crippen LogP contribution in [-0.4, -0.2) is 46.8 Å². The Morgan fingerprint density at radius 1 is 1.45 bits per heavy atom. The summed E-state index contributed by atoms with van der Waals surface area (Å²) < 4.78 is 18.1. The lowest BCUT2D eigenvalue weighted by Crippen LogP contribution is -2.45. The largest absolute Gasteiger partial charge is 0.479 e. The van der Waals surface area contributed by atoms with Crippen LogP contribution in [-0.2, 0) is 16.1 Å². The number of carboxylic acid groups (broad SMARTS) is 1. The van der Waals surface area contributed by atoms with Gasteiger partial charge in [0, 0.05) is 24.0 Å². The van der Waals surface area contributed by atoms with Crippen molar-refractivity contribution in [3.05, 3.63) is 40.5 Å². The molecule has 1 aliphatic heterocycles. The van der Waals surface area contributed by atoms with E-state index in [1.54, 1.807) is 12.1 Å². The number of morpholine rings is 1. The number of carbonyl (C=O) groups is 1. The van der Waals surface area contributed by atoms with Crippen LogP contribution in [0, 0.1) is 5.82 Å². The minimum atomic E-state index is -0.934. The maximum Gasteiger partial charge on any atom is 0.334 e. The Labute approximate surface area is 131 Å². The summed E-state index contributed by atoms with van der Waals surface area (Å²) in [6.07, 6.45) is -0.773. The van der Waals surface area contributed by atoms with Crippen LogP contribution in [0.5, 0.6) is 0 Å². The molecule has 1 N–H and O–H groups in total. The normalized spacial score (nSPS) is 19.2. The fourth-order valence-electron chi connectivity index (χ4n) is 2.32. The number of nitrogens with zero attached hydrogens (tertiary/aromatic N) is 2. The summed E-state index contributed by atoms with van der Waals surface area (Å²) in [5.41, 5.74) is 1.68. The fraction of sp³-hybridized carbons (Fsp3) is 0.333. The van der Waals surface area contributed by atoms with Crippen molar-refractivity contribution < 1.29 is 19.0 Å². The highest BCUT2D eigenvalue weighted by Gasteiger charge is 2.26. The van der Waals surface area contributed by atoms with Crippen LogP contribution >= 0.6 is 11.3 Å². The average Bonchev–Trinajstić information content (AvgIpc) is 2.96. The van der Waals surface area contributed by atoms with Crippen LogP contribution in [0.3, 0.4) is 0 Å². The maximum absolute atomic E-state index is 12.9. The molecule has 1 fully saturated rings. The van der Waals surface area contributed by atoms with Crippen LogP contribution in [0.15, 0.2) is 29.6 Å². The molecule has 7 heteroatoms. The van der Waals surface area contributed by atoms with Gasteiger partial charge in [-0.2, -0.15) is 0 Å². The SMILES string of the molecule is O=C(O)[C@H]1CN(Cc2nc(-c3ccc(F)cc3)cs2)CCO1. The molecule has 1 atom stereocenters. The van der Waals surface area contributed by atoms with Crippen molar-refractivity contribution >= 4 is 17.3 Å². The van der Waals surface area contributed by atoms with Gasteiger partial charge in [-0.05, 0) is 24.3 Å². The first-order valence-electron chi connectivity index (χ1n) is 6.89.